The third kappa shape index (κ3) is 4.07. The van der Waals surface area contributed by atoms with E-state index in [0.29, 0.717) is 60.5 Å². The molecule has 1 aliphatic heterocycles. The Labute approximate surface area is 196 Å². The number of nitrogens with one attached hydrogen (secondary N) is 1. The summed E-state index contributed by atoms with van der Waals surface area (Å²) in [4.78, 5) is 38.7. The number of pyridine rings is 2. The molecule has 0 unspecified atom stereocenters. The monoisotopic (exact) mass is 456 g/mol. The molecule has 9 nitrogen and oxygen atoms in total. The van der Waals surface area contributed by atoms with Gasteiger partial charge in [0.2, 0.25) is 0 Å². The third-order valence-electron chi connectivity index (χ3n) is 6.10. The van der Waals surface area contributed by atoms with Crippen LogP contribution in [-0.4, -0.2) is 73.1 Å². The van der Waals surface area contributed by atoms with E-state index in [-0.39, 0.29) is 17.6 Å². The molecule has 0 aliphatic carbocycles. The second-order valence-corrected chi connectivity index (χ2v) is 8.32. The van der Waals surface area contributed by atoms with E-state index in [1.807, 2.05) is 6.92 Å². The van der Waals surface area contributed by atoms with E-state index < -0.39 is 0 Å². The first-order valence-electron chi connectivity index (χ1n) is 11.1. The first-order chi connectivity index (χ1) is 16.5. The van der Waals surface area contributed by atoms with E-state index in [1.165, 1.54) is 0 Å². The summed E-state index contributed by atoms with van der Waals surface area (Å²) in [6.07, 6.45) is 3.90. The molecule has 0 radical (unpaired) electrons. The van der Waals surface area contributed by atoms with Crippen molar-refractivity contribution in [2.24, 2.45) is 0 Å². The van der Waals surface area contributed by atoms with Gasteiger partial charge in [-0.1, -0.05) is 0 Å². The molecule has 2 amide bonds. The Morgan fingerprint density at radius 3 is 2.32 bits per heavy atom. The Bertz CT molecular complexity index is 1350. The largest absolute Gasteiger partial charge is 0.508 e. The average Bonchev–Trinajstić information content (AvgIpc) is 3.08. The highest BCUT2D eigenvalue weighted by molar-refractivity contribution is 6.07. The topological polar surface area (TPSA) is 115 Å². The van der Waals surface area contributed by atoms with Gasteiger partial charge in [-0.25, -0.2) is 4.98 Å². The number of phenols is 1. The van der Waals surface area contributed by atoms with Crippen LogP contribution in [0, 0.1) is 6.92 Å². The van der Waals surface area contributed by atoms with Crippen LogP contribution in [0.4, 0.5) is 0 Å². The summed E-state index contributed by atoms with van der Waals surface area (Å²) in [5, 5.41) is 17.5. The van der Waals surface area contributed by atoms with Crippen molar-refractivity contribution in [3.05, 3.63) is 71.7 Å². The number of hydrogen-bond acceptors (Lipinski definition) is 6. The lowest BCUT2D eigenvalue weighted by molar-refractivity contribution is 0.0719. The number of benzene rings is 1. The molecule has 5 rings (SSSR count). The summed E-state index contributed by atoms with van der Waals surface area (Å²) < 4.78 is 0. The van der Waals surface area contributed by atoms with Crippen LogP contribution in [0.1, 0.15) is 32.8 Å². The minimum Gasteiger partial charge on any atom is -0.508 e. The van der Waals surface area contributed by atoms with Gasteiger partial charge in [-0.3, -0.25) is 19.7 Å². The predicted octanol–water partition coefficient (Wildman–Crippen LogP) is 3.02. The number of fused-ring (bicyclic) bond motifs is 1. The number of aromatic nitrogens is 4. The fourth-order valence-corrected chi connectivity index (χ4v) is 4.29. The van der Waals surface area contributed by atoms with E-state index >= 15 is 0 Å². The summed E-state index contributed by atoms with van der Waals surface area (Å²) in [6, 6.07) is 11.9. The molecule has 2 N–H and O–H groups in total. The number of carbonyl (C=O) groups excluding carboxylic acids is 2. The van der Waals surface area contributed by atoms with E-state index in [4.69, 9.17) is 0 Å². The second kappa shape index (κ2) is 8.93. The Balaban J connectivity index is 1.43. The minimum atomic E-state index is -0.116. The number of nitrogens with zero attached hydrogens (tertiary/aromatic N) is 5. The van der Waals surface area contributed by atoms with Crippen molar-refractivity contribution >= 4 is 22.8 Å². The predicted molar refractivity (Wildman–Crippen MR) is 126 cm³/mol. The number of aryl methyl sites for hydroxylation is 1. The summed E-state index contributed by atoms with van der Waals surface area (Å²) in [5.74, 6) is -0.00869. The molecule has 0 bridgehead atoms. The van der Waals surface area contributed by atoms with Crippen LogP contribution in [0.5, 0.6) is 5.75 Å². The zero-order valence-corrected chi connectivity index (χ0v) is 18.7. The minimum absolute atomic E-state index is 0.0525. The molecule has 1 saturated heterocycles. The van der Waals surface area contributed by atoms with Crippen LogP contribution in [0.25, 0.3) is 22.3 Å². The maximum atomic E-state index is 13.7. The maximum Gasteiger partial charge on any atom is 0.254 e. The molecular weight excluding hydrogens is 432 g/mol. The quantitative estimate of drug-likeness (QED) is 0.490. The van der Waals surface area contributed by atoms with Gasteiger partial charge in [-0.15, -0.1) is 0 Å². The van der Waals surface area contributed by atoms with Gasteiger partial charge in [0.1, 0.15) is 5.75 Å². The van der Waals surface area contributed by atoms with E-state index in [2.05, 4.69) is 20.2 Å². The number of phenolic OH excluding ortho intramolecular Hbond substituents is 1. The molecule has 4 aromatic rings. The van der Waals surface area contributed by atoms with Crippen molar-refractivity contribution in [3.8, 4) is 17.0 Å². The fourth-order valence-electron chi connectivity index (χ4n) is 4.29. The summed E-state index contributed by atoms with van der Waals surface area (Å²) in [7, 11) is 0. The van der Waals surface area contributed by atoms with Crippen LogP contribution >= 0.6 is 0 Å². The molecule has 3 aromatic heterocycles. The van der Waals surface area contributed by atoms with Crippen molar-refractivity contribution in [2.75, 3.05) is 26.2 Å². The van der Waals surface area contributed by atoms with Gasteiger partial charge in [0.15, 0.2) is 5.65 Å². The molecule has 34 heavy (non-hydrogen) atoms. The normalized spacial score (nSPS) is 14.3. The number of rotatable bonds is 3. The molecule has 172 valence electrons. The van der Waals surface area contributed by atoms with Crippen molar-refractivity contribution in [3.63, 3.8) is 0 Å². The smallest absolute Gasteiger partial charge is 0.254 e. The molecule has 4 heterocycles. The number of amides is 2. The number of carbonyl (C=O) groups is 2. The number of aromatic amines is 1. The summed E-state index contributed by atoms with van der Waals surface area (Å²) >= 11 is 0. The Kier molecular flexibility index (Phi) is 5.67. The third-order valence-corrected chi connectivity index (χ3v) is 6.10. The van der Waals surface area contributed by atoms with Crippen molar-refractivity contribution in [1.82, 2.24) is 30.0 Å². The lowest BCUT2D eigenvalue weighted by atomic mass is 10.0. The van der Waals surface area contributed by atoms with Crippen molar-refractivity contribution < 1.29 is 14.7 Å². The standard InChI is InChI=1S/C25H24N6O3/c1-16-22-20(15-21(27-23(22)29-28-16)17-3-5-19(32)6-4-17)25(34)31-12-2-11-30(13-14-31)24(33)18-7-9-26-10-8-18/h3-10,15,32H,2,11-14H2,1H3,(H,27,28,29). The lowest BCUT2D eigenvalue weighted by Crippen LogP contribution is -2.37. The number of hydrogen-bond donors (Lipinski definition) is 2. The first kappa shape index (κ1) is 21.6. The molecule has 0 saturated carbocycles. The lowest BCUT2D eigenvalue weighted by Gasteiger charge is -2.23. The van der Waals surface area contributed by atoms with E-state index in [1.54, 1.807) is 64.7 Å². The summed E-state index contributed by atoms with van der Waals surface area (Å²) in [6.45, 7) is 3.89. The number of aromatic hydroxyl groups is 1. The Morgan fingerprint density at radius 2 is 1.62 bits per heavy atom. The second-order valence-electron chi connectivity index (χ2n) is 8.32. The van der Waals surface area contributed by atoms with Gasteiger partial charge < -0.3 is 14.9 Å². The van der Waals surface area contributed by atoms with Gasteiger partial charge in [0.25, 0.3) is 11.8 Å². The molecule has 9 heteroatoms. The highest BCUT2D eigenvalue weighted by Crippen LogP contribution is 2.28. The fraction of sp³-hybridized carbons (Fsp3) is 0.240. The van der Waals surface area contributed by atoms with Crippen LogP contribution in [0.15, 0.2) is 54.9 Å². The average molecular weight is 457 g/mol. The van der Waals surface area contributed by atoms with Gasteiger partial charge in [-0.05, 0) is 55.8 Å². The van der Waals surface area contributed by atoms with Crippen LogP contribution in [0.3, 0.4) is 0 Å². The van der Waals surface area contributed by atoms with Crippen LogP contribution < -0.4 is 0 Å². The van der Waals surface area contributed by atoms with Gasteiger partial charge in [0.05, 0.1) is 16.6 Å². The highest BCUT2D eigenvalue weighted by Gasteiger charge is 2.26. The Hall–Kier alpha value is -4.27. The summed E-state index contributed by atoms with van der Waals surface area (Å²) in [5.41, 5.74) is 3.74. The molecule has 0 spiro atoms. The molecular formula is C25H24N6O3. The molecule has 1 aliphatic rings. The zero-order valence-electron chi connectivity index (χ0n) is 18.7. The van der Waals surface area contributed by atoms with Gasteiger partial charge in [-0.2, -0.15) is 5.10 Å². The zero-order chi connectivity index (χ0) is 23.7. The first-order valence-corrected chi connectivity index (χ1v) is 11.1. The molecule has 0 atom stereocenters. The van der Waals surface area contributed by atoms with Gasteiger partial charge >= 0.3 is 0 Å². The SMILES string of the molecule is Cc1[nH]nc2nc(-c3ccc(O)cc3)cc(C(=O)N3CCCN(C(=O)c4ccncc4)CC3)c12. The molecule has 1 aromatic carbocycles. The number of H-pyrrole nitrogens is 1. The maximum absolute atomic E-state index is 13.7. The van der Waals surface area contributed by atoms with Crippen molar-refractivity contribution in [2.45, 2.75) is 13.3 Å². The Morgan fingerprint density at radius 1 is 0.941 bits per heavy atom. The van der Waals surface area contributed by atoms with Crippen LogP contribution in [0.2, 0.25) is 0 Å². The van der Waals surface area contributed by atoms with E-state index in [9.17, 15) is 14.7 Å². The van der Waals surface area contributed by atoms with E-state index in [0.717, 1.165) is 11.3 Å². The van der Waals surface area contributed by atoms with Crippen molar-refractivity contribution in [1.29, 1.82) is 0 Å². The van der Waals surface area contributed by atoms with Gasteiger partial charge in [0, 0.05) is 55.4 Å². The molecule has 1 fully saturated rings. The highest BCUT2D eigenvalue weighted by atomic mass is 16.3. The van der Waals surface area contributed by atoms with Crippen LogP contribution in [-0.2, 0) is 0 Å².